The van der Waals surface area contributed by atoms with Crippen molar-refractivity contribution in [3.8, 4) is 0 Å². The van der Waals surface area contributed by atoms with Crippen LogP contribution in [0.2, 0.25) is 0 Å². The number of aliphatic hydroxyl groups excluding tert-OH is 2. The molecule has 5 atom stereocenters. The minimum Gasteiger partial charge on any atom is -0.454 e. The third-order valence-electron chi connectivity index (χ3n) is 5.74. The Morgan fingerprint density at radius 3 is 2.46 bits per heavy atom. The molecular formula is C25H27NO10S. The zero-order chi connectivity index (χ0) is 26.6. The normalized spacial score (nSPS) is 24.8. The average Bonchev–Trinajstić information content (AvgIpc) is 2.88. The van der Waals surface area contributed by atoms with Crippen LogP contribution in [0.5, 0.6) is 0 Å². The number of fused-ring (bicyclic) bond motifs is 1. The van der Waals surface area contributed by atoms with Crippen LogP contribution in [0.15, 0.2) is 74.4 Å². The Labute approximate surface area is 212 Å². The minimum atomic E-state index is -4.13. The Morgan fingerprint density at radius 2 is 1.78 bits per heavy atom. The summed E-state index contributed by atoms with van der Waals surface area (Å²) < 4.78 is 57.7. The SMILES string of the molecule is CO[C@H]1O[C@H](CO)[C@H](O)[C@H](OCc2cc3ccccc3oc2=NS(=O)(=O)c2ccccc2)[C@H]1OC(C)=O. The molecule has 2 N–H and O–H groups in total. The van der Waals surface area contributed by atoms with E-state index in [1.165, 1.54) is 26.2 Å². The molecule has 0 unspecified atom stereocenters. The van der Waals surface area contributed by atoms with E-state index in [0.717, 1.165) is 0 Å². The van der Waals surface area contributed by atoms with Crippen molar-refractivity contribution in [2.24, 2.45) is 4.40 Å². The lowest BCUT2D eigenvalue weighted by molar-refractivity contribution is -0.306. The van der Waals surface area contributed by atoms with Gasteiger partial charge in [0.2, 0.25) is 5.55 Å². The molecule has 0 amide bonds. The number of aliphatic hydroxyl groups is 2. The van der Waals surface area contributed by atoms with Crippen molar-refractivity contribution in [2.45, 2.75) is 49.1 Å². The predicted molar refractivity (Wildman–Crippen MR) is 128 cm³/mol. The van der Waals surface area contributed by atoms with Crippen molar-refractivity contribution < 1.29 is 46.8 Å². The Balaban J connectivity index is 1.74. The number of sulfonamides is 1. The molecule has 4 rings (SSSR count). The van der Waals surface area contributed by atoms with Crippen molar-refractivity contribution in [3.63, 3.8) is 0 Å². The zero-order valence-corrected chi connectivity index (χ0v) is 20.9. The molecule has 37 heavy (non-hydrogen) atoms. The maximum absolute atomic E-state index is 13.0. The number of nitrogens with zero attached hydrogens (tertiary/aromatic N) is 1. The summed E-state index contributed by atoms with van der Waals surface area (Å²) in [4.78, 5) is 11.7. The van der Waals surface area contributed by atoms with Crippen LogP contribution in [0.3, 0.4) is 0 Å². The van der Waals surface area contributed by atoms with Gasteiger partial charge in [-0.1, -0.05) is 36.4 Å². The number of rotatable bonds is 8. The number of hydrogen-bond donors (Lipinski definition) is 2. The van der Waals surface area contributed by atoms with Crippen LogP contribution in [-0.4, -0.2) is 69.0 Å². The third-order valence-corrected chi connectivity index (χ3v) is 7.01. The smallest absolute Gasteiger partial charge is 0.303 e. The van der Waals surface area contributed by atoms with E-state index in [1.54, 1.807) is 48.5 Å². The number of carbonyl (C=O) groups is 1. The maximum atomic E-state index is 13.0. The molecule has 1 fully saturated rings. The second kappa shape index (κ2) is 11.5. The van der Waals surface area contributed by atoms with E-state index in [0.29, 0.717) is 11.0 Å². The molecule has 11 nitrogen and oxygen atoms in total. The van der Waals surface area contributed by atoms with Crippen molar-refractivity contribution in [1.29, 1.82) is 0 Å². The van der Waals surface area contributed by atoms with Crippen LogP contribution in [0.4, 0.5) is 0 Å². The number of para-hydroxylation sites is 1. The molecule has 2 aromatic carbocycles. The van der Waals surface area contributed by atoms with Gasteiger partial charge in [-0.15, -0.1) is 4.40 Å². The number of carbonyl (C=O) groups excluding carboxylic acids is 1. The summed E-state index contributed by atoms with van der Waals surface area (Å²) >= 11 is 0. The lowest BCUT2D eigenvalue weighted by Gasteiger charge is -2.42. The van der Waals surface area contributed by atoms with E-state index in [4.69, 9.17) is 23.4 Å². The van der Waals surface area contributed by atoms with Gasteiger partial charge in [-0.25, -0.2) is 0 Å². The lowest BCUT2D eigenvalue weighted by atomic mass is 9.98. The Hall–Kier alpha value is -3.13. The maximum Gasteiger partial charge on any atom is 0.303 e. The first-order valence-electron chi connectivity index (χ1n) is 11.4. The Kier molecular flexibility index (Phi) is 8.37. The van der Waals surface area contributed by atoms with Gasteiger partial charge in [0.15, 0.2) is 12.4 Å². The van der Waals surface area contributed by atoms with E-state index in [1.807, 2.05) is 0 Å². The summed E-state index contributed by atoms with van der Waals surface area (Å²) in [6.45, 7) is 0.350. The van der Waals surface area contributed by atoms with E-state index in [2.05, 4.69) is 4.40 Å². The number of methoxy groups -OCH3 is 1. The van der Waals surface area contributed by atoms with Crippen LogP contribution in [-0.2, 0) is 40.4 Å². The van der Waals surface area contributed by atoms with Crippen molar-refractivity contribution in [2.75, 3.05) is 13.7 Å². The Morgan fingerprint density at radius 1 is 1.08 bits per heavy atom. The highest BCUT2D eigenvalue weighted by Crippen LogP contribution is 2.27. The molecule has 0 bridgehead atoms. The Bertz CT molecular complexity index is 1410. The zero-order valence-electron chi connectivity index (χ0n) is 20.1. The van der Waals surface area contributed by atoms with Crippen LogP contribution < -0.4 is 5.55 Å². The molecule has 0 saturated carbocycles. The second-order valence-corrected chi connectivity index (χ2v) is 9.90. The number of esters is 1. The monoisotopic (exact) mass is 533 g/mol. The quantitative estimate of drug-likeness (QED) is 0.405. The lowest BCUT2D eigenvalue weighted by Crippen LogP contribution is -2.61. The summed E-state index contributed by atoms with van der Waals surface area (Å²) in [6.07, 6.45) is -5.97. The van der Waals surface area contributed by atoms with Gasteiger partial charge in [0.05, 0.1) is 18.1 Å². The van der Waals surface area contributed by atoms with Gasteiger partial charge in [-0.3, -0.25) is 4.79 Å². The largest absolute Gasteiger partial charge is 0.454 e. The van der Waals surface area contributed by atoms with Gasteiger partial charge >= 0.3 is 5.97 Å². The molecule has 12 heteroatoms. The molecule has 198 valence electrons. The molecule has 3 aromatic rings. The van der Waals surface area contributed by atoms with E-state index in [-0.39, 0.29) is 22.6 Å². The standard InChI is InChI=1S/C25H27NO10S/c1-15(28)34-23-22(21(29)20(13-27)36-25(23)32-2)33-14-17-12-16-8-6-7-11-19(16)35-24(17)26-37(30,31)18-9-4-3-5-10-18/h3-12,20-23,25,27,29H,13-14H2,1-2H3/t20-,21+,22+,23-,25+/m1/s1. The van der Waals surface area contributed by atoms with Crippen molar-refractivity contribution in [1.82, 2.24) is 0 Å². The summed E-state index contributed by atoms with van der Waals surface area (Å²) in [5.74, 6) is -0.663. The predicted octanol–water partition coefficient (Wildman–Crippen LogP) is 1.26. The molecule has 0 aliphatic carbocycles. The highest BCUT2D eigenvalue weighted by Gasteiger charge is 2.48. The molecule has 1 saturated heterocycles. The van der Waals surface area contributed by atoms with Gasteiger partial charge in [0.1, 0.15) is 23.9 Å². The van der Waals surface area contributed by atoms with Crippen LogP contribution >= 0.6 is 0 Å². The van der Waals surface area contributed by atoms with Gasteiger partial charge in [0.25, 0.3) is 10.0 Å². The number of ether oxygens (including phenoxy) is 4. The minimum absolute atomic E-state index is 0.0197. The van der Waals surface area contributed by atoms with E-state index in [9.17, 15) is 23.4 Å². The summed E-state index contributed by atoms with van der Waals surface area (Å²) in [6, 6.07) is 16.3. The first-order chi connectivity index (χ1) is 17.7. The van der Waals surface area contributed by atoms with E-state index < -0.39 is 53.3 Å². The molecule has 0 radical (unpaired) electrons. The highest BCUT2D eigenvalue weighted by molar-refractivity contribution is 7.90. The molecule has 1 aromatic heterocycles. The molecule has 2 heterocycles. The van der Waals surface area contributed by atoms with Gasteiger partial charge in [0, 0.05) is 25.0 Å². The molecular weight excluding hydrogens is 506 g/mol. The third kappa shape index (κ3) is 6.06. The average molecular weight is 534 g/mol. The molecule has 0 spiro atoms. The fraction of sp³-hybridized carbons (Fsp3) is 0.360. The van der Waals surface area contributed by atoms with Crippen LogP contribution in [0, 0.1) is 0 Å². The fourth-order valence-electron chi connectivity index (χ4n) is 3.97. The molecule has 1 aliphatic rings. The first kappa shape index (κ1) is 26.9. The van der Waals surface area contributed by atoms with Crippen LogP contribution in [0.25, 0.3) is 11.0 Å². The fourth-order valence-corrected chi connectivity index (χ4v) is 4.95. The topological polar surface area (TPSA) is 154 Å². The molecule has 1 aliphatic heterocycles. The van der Waals surface area contributed by atoms with E-state index >= 15 is 0 Å². The van der Waals surface area contributed by atoms with Gasteiger partial charge in [-0.05, 0) is 24.3 Å². The highest BCUT2D eigenvalue weighted by atomic mass is 32.2. The van der Waals surface area contributed by atoms with Gasteiger partial charge in [-0.2, -0.15) is 8.42 Å². The van der Waals surface area contributed by atoms with Crippen LogP contribution in [0.1, 0.15) is 12.5 Å². The number of benzene rings is 2. The second-order valence-electron chi connectivity index (χ2n) is 8.30. The van der Waals surface area contributed by atoms with Crippen molar-refractivity contribution in [3.05, 3.63) is 71.8 Å². The summed E-state index contributed by atoms with van der Waals surface area (Å²) in [5, 5.41) is 21.1. The van der Waals surface area contributed by atoms with Gasteiger partial charge < -0.3 is 33.6 Å². The summed E-state index contributed by atoms with van der Waals surface area (Å²) in [7, 11) is -2.81. The summed E-state index contributed by atoms with van der Waals surface area (Å²) in [5.41, 5.74) is 0.445. The van der Waals surface area contributed by atoms with Crippen molar-refractivity contribution >= 4 is 27.0 Å². The number of hydrogen-bond acceptors (Lipinski definition) is 10. The first-order valence-corrected chi connectivity index (χ1v) is 12.8.